The van der Waals surface area contributed by atoms with Crippen LogP contribution in [-0.4, -0.2) is 117 Å². The Labute approximate surface area is 150 Å². The second kappa shape index (κ2) is 7.85. The summed E-state index contributed by atoms with van der Waals surface area (Å²) >= 11 is 0. The van der Waals surface area contributed by atoms with Crippen molar-refractivity contribution >= 4 is 16.1 Å². The fourth-order valence-electron chi connectivity index (χ4n) is 3.53. The highest BCUT2D eigenvalue weighted by molar-refractivity contribution is 7.86. The van der Waals surface area contributed by atoms with Crippen LogP contribution in [0.5, 0.6) is 0 Å². The first-order valence-corrected chi connectivity index (χ1v) is 10.4. The SMILES string of the molecule is C[C@H]1OCCN[C@@H]1C(=O)N1CCN(S(=O)(=O)N2CCN(C)CC2)CC1. The van der Waals surface area contributed by atoms with Gasteiger partial charge in [-0.3, -0.25) is 4.79 Å². The smallest absolute Gasteiger partial charge is 0.282 e. The highest BCUT2D eigenvalue weighted by Crippen LogP contribution is 2.16. The number of morpholine rings is 1. The van der Waals surface area contributed by atoms with E-state index in [-0.39, 0.29) is 18.1 Å². The molecule has 0 aliphatic carbocycles. The lowest BCUT2D eigenvalue weighted by Gasteiger charge is -2.40. The predicted octanol–water partition coefficient (Wildman–Crippen LogP) is -2.00. The molecule has 3 saturated heterocycles. The van der Waals surface area contributed by atoms with Crippen LogP contribution in [-0.2, 0) is 19.7 Å². The summed E-state index contributed by atoms with van der Waals surface area (Å²) in [5.74, 6) is 0.00356. The van der Waals surface area contributed by atoms with Crippen molar-refractivity contribution in [3.8, 4) is 0 Å². The van der Waals surface area contributed by atoms with E-state index in [1.54, 1.807) is 9.21 Å². The second-order valence-electron chi connectivity index (χ2n) is 6.94. The molecule has 10 heteroatoms. The lowest BCUT2D eigenvalue weighted by Crippen LogP contribution is -2.61. The van der Waals surface area contributed by atoms with Crippen LogP contribution in [0.25, 0.3) is 0 Å². The van der Waals surface area contributed by atoms with Crippen LogP contribution >= 0.6 is 0 Å². The lowest BCUT2D eigenvalue weighted by molar-refractivity contribution is -0.140. The summed E-state index contributed by atoms with van der Waals surface area (Å²) in [4.78, 5) is 16.5. The van der Waals surface area contributed by atoms with Gasteiger partial charge in [-0.1, -0.05) is 0 Å². The maximum atomic E-state index is 12.8. The monoisotopic (exact) mass is 375 g/mol. The summed E-state index contributed by atoms with van der Waals surface area (Å²) in [6.45, 7) is 7.28. The van der Waals surface area contributed by atoms with E-state index in [1.165, 1.54) is 4.31 Å². The van der Waals surface area contributed by atoms with E-state index in [0.29, 0.717) is 52.4 Å². The van der Waals surface area contributed by atoms with Crippen LogP contribution in [0.4, 0.5) is 0 Å². The minimum atomic E-state index is -3.43. The van der Waals surface area contributed by atoms with Gasteiger partial charge in [0.15, 0.2) is 0 Å². The zero-order valence-corrected chi connectivity index (χ0v) is 15.9. The molecule has 144 valence electrons. The molecule has 0 spiro atoms. The Balaban J connectivity index is 1.55. The normalized spacial score (nSPS) is 31.2. The lowest BCUT2D eigenvalue weighted by atomic mass is 10.1. The van der Waals surface area contributed by atoms with Gasteiger partial charge in [0.1, 0.15) is 6.04 Å². The van der Waals surface area contributed by atoms with E-state index in [2.05, 4.69) is 10.2 Å². The minimum Gasteiger partial charge on any atom is -0.375 e. The molecule has 0 aromatic heterocycles. The zero-order valence-electron chi connectivity index (χ0n) is 15.1. The first kappa shape index (κ1) is 19.0. The van der Waals surface area contributed by atoms with Crippen molar-refractivity contribution in [1.82, 2.24) is 23.7 Å². The molecule has 3 heterocycles. The van der Waals surface area contributed by atoms with Gasteiger partial charge in [0, 0.05) is 58.9 Å². The van der Waals surface area contributed by atoms with Gasteiger partial charge in [0.25, 0.3) is 10.2 Å². The number of nitrogens with one attached hydrogen (secondary N) is 1. The summed E-state index contributed by atoms with van der Waals surface area (Å²) in [5, 5.41) is 3.20. The van der Waals surface area contributed by atoms with Gasteiger partial charge in [-0.05, 0) is 14.0 Å². The van der Waals surface area contributed by atoms with Crippen molar-refractivity contribution in [3.63, 3.8) is 0 Å². The molecule has 3 fully saturated rings. The number of likely N-dealkylation sites (N-methyl/N-ethyl adjacent to an activating group) is 1. The molecule has 0 unspecified atom stereocenters. The average molecular weight is 375 g/mol. The summed E-state index contributed by atoms with van der Waals surface area (Å²) in [6.07, 6.45) is -0.159. The van der Waals surface area contributed by atoms with Gasteiger partial charge >= 0.3 is 0 Å². The van der Waals surface area contributed by atoms with Crippen molar-refractivity contribution in [2.24, 2.45) is 0 Å². The van der Waals surface area contributed by atoms with Gasteiger partial charge in [-0.15, -0.1) is 0 Å². The number of carbonyl (C=O) groups is 1. The number of piperazine rings is 2. The minimum absolute atomic E-state index is 0.00356. The number of hydrogen-bond donors (Lipinski definition) is 1. The number of hydrogen-bond acceptors (Lipinski definition) is 6. The Hall–Kier alpha value is -0.780. The highest BCUT2D eigenvalue weighted by atomic mass is 32.2. The molecule has 0 aromatic rings. The topological polar surface area (TPSA) is 85.4 Å². The van der Waals surface area contributed by atoms with Gasteiger partial charge in [-0.25, -0.2) is 0 Å². The Bertz CT molecular complexity index is 570. The molecule has 25 heavy (non-hydrogen) atoms. The summed E-state index contributed by atoms with van der Waals surface area (Å²) in [5.41, 5.74) is 0. The summed E-state index contributed by atoms with van der Waals surface area (Å²) < 4.78 is 34.2. The third kappa shape index (κ3) is 4.15. The van der Waals surface area contributed by atoms with Gasteiger partial charge < -0.3 is 19.9 Å². The Morgan fingerprint density at radius 2 is 1.56 bits per heavy atom. The molecular formula is C15H29N5O4S. The molecule has 0 radical (unpaired) electrons. The standard InChI is InChI=1S/C15H29N5O4S/c1-13-14(16-3-12-24-13)15(21)18-6-10-20(11-7-18)25(22,23)19-8-4-17(2)5-9-19/h13-14,16H,3-12H2,1-2H3/t13-,14+/m1/s1. The van der Waals surface area contributed by atoms with Gasteiger partial charge in [-0.2, -0.15) is 17.0 Å². The molecule has 1 amide bonds. The van der Waals surface area contributed by atoms with Crippen molar-refractivity contribution < 1.29 is 17.9 Å². The van der Waals surface area contributed by atoms with E-state index < -0.39 is 10.2 Å². The highest BCUT2D eigenvalue weighted by Gasteiger charge is 2.37. The Morgan fingerprint density at radius 3 is 2.12 bits per heavy atom. The molecule has 0 bridgehead atoms. The molecule has 3 rings (SSSR count). The fraction of sp³-hybridized carbons (Fsp3) is 0.933. The molecule has 3 aliphatic heterocycles. The molecule has 1 N–H and O–H groups in total. The van der Waals surface area contributed by atoms with Crippen molar-refractivity contribution in [1.29, 1.82) is 0 Å². The average Bonchev–Trinajstić information content (AvgIpc) is 2.62. The van der Waals surface area contributed by atoms with E-state index in [9.17, 15) is 13.2 Å². The first-order valence-electron chi connectivity index (χ1n) is 8.97. The quantitative estimate of drug-likeness (QED) is 0.614. The van der Waals surface area contributed by atoms with E-state index in [1.807, 2.05) is 14.0 Å². The maximum absolute atomic E-state index is 12.8. The van der Waals surface area contributed by atoms with E-state index >= 15 is 0 Å². The van der Waals surface area contributed by atoms with Crippen LogP contribution in [0, 0.1) is 0 Å². The number of nitrogens with zero attached hydrogens (tertiary/aromatic N) is 4. The fourth-order valence-corrected chi connectivity index (χ4v) is 5.10. The molecular weight excluding hydrogens is 346 g/mol. The van der Waals surface area contributed by atoms with Gasteiger partial charge in [0.2, 0.25) is 5.91 Å². The number of ether oxygens (including phenoxy) is 1. The largest absolute Gasteiger partial charge is 0.375 e. The van der Waals surface area contributed by atoms with Crippen LogP contribution in [0.15, 0.2) is 0 Å². The second-order valence-corrected chi connectivity index (χ2v) is 8.87. The Kier molecular flexibility index (Phi) is 5.96. The van der Waals surface area contributed by atoms with Crippen LogP contribution in [0.1, 0.15) is 6.92 Å². The van der Waals surface area contributed by atoms with Crippen LogP contribution < -0.4 is 5.32 Å². The molecule has 3 aliphatic rings. The third-order valence-electron chi connectivity index (χ3n) is 5.25. The summed E-state index contributed by atoms with van der Waals surface area (Å²) in [6, 6.07) is -0.338. The van der Waals surface area contributed by atoms with Crippen LogP contribution in [0.2, 0.25) is 0 Å². The number of amides is 1. The van der Waals surface area contributed by atoms with Crippen LogP contribution in [0.3, 0.4) is 0 Å². The van der Waals surface area contributed by atoms with Gasteiger partial charge in [0.05, 0.1) is 12.7 Å². The molecule has 0 saturated carbocycles. The van der Waals surface area contributed by atoms with Crippen molar-refractivity contribution in [3.05, 3.63) is 0 Å². The number of carbonyl (C=O) groups excluding carboxylic acids is 1. The van der Waals surface area contributed by atoms with Crippen molar-refractivity contribution in [2.45, 2.75) is 19.1 Å². The summed E-state index contributed by atoms with van der Waals surface area (Å²) in [7, 11) is -1.43. The molecule has 2 atom stereocenters. The third-order valence-corrected chi connectivity index (χ3v) is 7.28. The zero-order chi connectivity index (χ0) is 18.0. The van der Waals surface area contributed by atoms with E-state index in [4.69, 9.17) is 4.74 Å². The molecule has 9 nitrogen and oxygen atoms in total. The molecule has 0 aromatic carbocycles. The predicted molar refractivity (Wildman–Crippen MR) is 93.3 cm³/mol. The van der Waals surface area contributed by atoms with Crippen molar-refractivity contribution in [2.75, 3.05) is 72.6 Å². The maximum Gasteiger partial charge on any atom is 0.282 e. The van der Waals surface area contributed by atoms with E-state index in [0.717, 1.165) is 13.1 Å². The first-order chi connectivity index (χ1) is 11.9. The number of rotatable bonds is 3. The Morgan fingerprint density at radius 1 is 1.00 bits per heavy atom.